The number of hydrogen-bond donors (Lipinski definition) is 1. The van der Waals surface area contributed by atoms with Gasteiger partial charge in [-0.1, -0.05) is 59.7 Å². The van der Waals surface area contributed by atoms with Crippen LogP contribution in [0, 0.1) is 0 Å². The number of ether oxygens (including phenoxy) is 1. The van der Waals surface area contributed by atoms with Gasteiger partial charge in [0.25, 0.3) is 5.89 Å². The van der Waals surface area contributed by atoms with Crippen molar-refractivity contribution in [2.75, 3.05) is 36.5 Å². The number of fused-ring (bicyclic) bond motifs is 1. The van der Waals surface area contributed by atoms with Crippen LogP contribution in [0.2, 0.25) is 0 Å². The number of aromatic nitrogens is 4. The highest BCUT2D eigenvalue weighted by atomic mass is 16.5. The highest BCUT2D eigenvalue weighted by Crippen LogP contribution is 2.24. The number of hydrogen-bond acceptors (Lipinski definition) is 10. The second kappa shape index (κ2) is 9.67. The standard InChI is InChI=1S/C26H23N7O3/c34-21-14-18-8-4-5-9-20(18)22(17-6-2-1-3-7-17)29-23(21)30-26-32-31-24(36-26)19-15-27-25(28-16-19)33-10-12-35-13-11-33/h1-9,15-16,23H,10-14H2,(H,30,32)/t23-/m1/s1. The van der Waals surface area contributed by atoms with Crippen LogP contribution in [-0.2, 0) is 16.0 Å². The maximum absolute atomic E-state index is 13.1. The Morgan fingerprint density at radius 3 is 2.44 bits per heavy atom. The lowest BCUT2D eigenvalue weighted by atomic mass is 9.96. The highest BCUT2D eigenvalue weighted by Gasteiger charge is 2.27. The van der Waals surface area contributed by atoms with Gasteiger partial charge in [-0.3, -0.25) is 9.79 Å². The number of Topliss-reactive ketones (excluding diaryl/α,β-unsaturated/α-hetero) is 1. The van der Waals surface area contributed by atoms with Crippen LogP contribution in [0.25, 0.3) is 11.5 Å². The number of rotatable bonds is 5. The average molecular weight is 482 g/mol. The van der Waals surface area contributed by atoms with Crippen molar-refractivity contribution in [1.29, 1.82) is 0 Å². The summed E-state index contributed by atoms with van der Waals surface area (Å²) in [7, 11) is 0. The Bertz CT molecular complexity index is 1400. The van der Waals surface area contributed by atoms with Gasteiger partial charge in [0, 0.05) is 43.0 Å². The van der Waals surface area contributed by atoms with Crippen LogP contribution in [0.15, 0.2) is 76.4 Å². The second-order valence-electron chi connectivity index (χ2n) is 8.47. The molecule has 4 heterocycles. The molecular weight excluding hydrogens is 458 g/mol. The number of carbonyl (C=O) groups is 1. The molecule has 2 aromatic carbocycles. The van der Waals surface area contributed by atoms with Gasteiger partial charge in [-0.25, -0.2) is 9.97 Å². The molecule has 36 heavy (non-hydrogen) atoms. The van der Waals surface area contributed by atoms with E-state index < -0.39 is 6.17 Å². The molecular formula is C26H23N7O3. The number of morpholine rings is 1. The monoisotopic (exact) mass is 481 g/mol. The Kier molecular flexibility index (Phi) is 5.92. The largest absolute Gasteiger partial charge is 0.403 e. The number of ketones is 1. The normalized spacial score (nSPS) is 17.8. The van der Waals surface area contributed by atoms with E-state index >= 15 is 0 Å². The molecule has 0 saturated carbocycles. The fourth-order valence-electron chi connectivity index (χ4n) is 4.27. The van der Waals surface area contributed by atoms with Gasteiger partial charge in [-0.05, 0) is 5.56 Å². The SMILES string of the molecule is O=C1Cc2ccccc2C(c2ccccc2)=N[C@@H]1Nc1nnc(-c2cnc(N3CCOCC3)nc2)o1. The van der Waals surface area contributed by atoms with Crippen molar-refractivity contribution in [2.24, 2.45) is 4.99 Å². The van der Waals surface area contributed by atoms with Crippen LogP contribution in [0.4, 0.5) is 12.0 Å². The first-order valence-electron chi connectivity index (χ1n) is 11.7. The van der Waals surface area contributed by atoms with E-state index in [9.17, 15) is 4.79 Å². The third-order valence-corrected chi connectivity index (χ3v) is 6.11. The Labute approximate surface area is 207 Å². The third-order valence-electron chi connectivity index (χ3n) is 6.11. The molecule has 2 aliphatic rings. The number of anilines is 2. The Balaban J connectivity index is 1.25. The summed E-state index contributed by atoms with van der Waals surface area (Å²) >= 11 is 0. The van der Waals surface area contributed by atoms with Gasteiger partial charge >= 0.3 is 6.01 Å². The lowest BCUT2D eigenvalue weighted by molar-refractivity contribution is -0.119. The summed E-state index contributed by atoms with van der Waals surface area (Å²) in [4.78, 5) is 28.8. The maximum atomic E-state index is 13.1. The molecule has 0 bridgehead atoms. The molecule has 0 amide bonds. The second-order valence-corrected chi connectivity index (χ2v) is 8.47. The average Bonchev–Trinajstić information content (AvgIpc) is 3.36. The quantitative estimate of drug-likeness (QED) is 0.459. The number of carbonyl (C=O) groups excluding carboxylic acids is 1. The van der Waals surface area contributed by atoms with E-state index in [1.807, 2.05) is 54.6 Å². The summed E-state index contributed by atoms with van der Waals surface area (Å²) < 4.78 is 11.2. The van der Waals surface area contributed by atoms with Crippen LogP contribution in [-0.4, -0.2) is 64.1 Å². The van der Waals surface area contributed by atoms with Crippen molar-refractivity contribution in [3.05, 3.63) is 83.7 Å². The number of aliphatic imine (C=N–C) groups is 1. The zero-order valence-corrected chi connectivity index (χ0v) is 19.4. The fourth-order valence-corrected chi connectivity index (χ4v) is 4.27. The minimum atomic E-state index is -0.874. The molecule has 0 spiro atoms. The molecule has 0 unspecified atom stereocenters. The van der Waals surface area contributed by atoms with Crippen molar-refractivity contribution in [3.8, 4) is 11.5 Å². The Morgan fingerprint density at radius 1 is 0.889 bits per heavy atom. The van der Waals surface area contributed by atoms with Crippen molar-refractivity contribution in [1.82, 2.24) is 20.2 Å². The van der Waals surface area contributed by atoms with Crippen LogP contribution >= 0.6 is 0 Å². The first-order valence-corrected chi connectivity index (χ1v) is 11.7. The Morgan fingerprint density at radius 2 is 1.64 bits per heavy atom. The van der Waals surface area contributed by atoms with Gasteiger partial charge in [-0.2, -0.15) is 0 Å². The molecule has 6 rings (SSSR count). The van der Waals surface area contributed by atoms with E-state index in [0.717, 1.165) is 35.5 Å². The van der Waals surface area contributed by atoms with E-state index in [2.05, 4.69) is 30.4 Å². The smallest absolute Gasteiger partial charge is 0.317 e. The van der Waals surface area contributed by atoms with Gasteiger partial charge in [0.2, 0.25) is 5.95 Å². The van der Waals surface area contributed by atoms with Crippen molar-refractivity contribution >= 4 is 23.5 Å². The van der Waals surface area contributed by atoms with E-state index in [1.54, 1.807) is 12.4 Å². The summed E-state index contributed by atoms with van der Waals surface area (Å²) in [6, 6.07) is 17.7. The minimum Gasteiger partial charge on any atom is -0.403 e. The molecule has 10 nitrogen and oxygen atoms in total. The fraction of sp³-hybridized carbons (Fsp3) is 0.231. The van der Waals surface area contributed by atoms with Crippen LogP contribution in [0.1, 0.15) is 16.7 Å². The van der Waals surface area contributed by atoms with Gasteiger partial charge in [0.15, 0.2) is 11.9 Å². The molecule has 0 aliphatic carbocycles. The lowest BCUT2D eigenvalue weighted by Gasteiger charge is -2.26. The molecule has 1 N–H and O–H groups in total. The topological polar surface area (TPSA) is 119 Å². The molecule has 2 aromatic heterocycles. The third kappa shape index (κ3) is 4.46. The Hall–Kier alpha value is -4.44. The molecule has 1 atom stereocenters. The van der Waals surface area contributed by atoms with Crippen LogP contribution in [0.5, 0.6) is 0 Å². The molecule has 1 fully saturated rings. The predicted octanol–water partition coefficient (Wildman–Crippen LogP) is 2.76. The summed E-state index contributed by atoms with van der Waals surface area (Å²) in [5.74, 6) is 0.792. The zero-order chi connectivity index (χ0) is 24.3. The molecule has 10 heteroatoms. The summed E-state index contributed by atoms with van der Waals surface area (Å²) in [6.45, 7) is 2.81. The minimum absolute atomic E-state index is 0.0914. The summed E-state index contributed by atoms with van der Waals surface area (Å²) in [6.07, 6.45) is 2.66. The van der Waals surface area contributed by atoms with Crippen molar-refractivity contribution in [2.45, 2.75) is 12.6 Å². The van der Waals surface area contributed by atoms with E-state index in [1.165, 1.54) is 0 Å². The zero-order valence-electron chi connectivity index (χ0n) is 19.4. The molecule has 2 aliphatic heterocycles. The predicted molar refractivity (Wildman–Crippen MR) is 133 cm³/mol. The van der Waals surface area contributed by atoms with Crippen molar-refractivity contribution in [3.63, 3.8) is 0 Å². The first-order chi connectivity index (χ1) is 17.7. The first kappa shape index (κ1) is 22.1. The maximum Gasteiger partial charge on any atom is 0.317 e. The van der Waals surface area contributed by atoms with Gasteiger partial charge in [0.05, 0.1) is 24.5 Å². The van der Waals surface area contributed by atoms with E-state index in [4.69, 9.17) is 14.1 Å². The molecule has 0 radical (unpaired) electrons. The number of nitrogens with one attached hydrogen (secondary N) is 1. The van der Waals surface area contributed by atoms with Gasteiger partial charge in [0.1, 0.15) is 0 Å². The van der Waals surface area contributed by atoms with Gasteiger partial charge < -0.3 is 19.4 Å². The van der Waals surface area contributed by atoms with Gasteiger partial charge in [-0.15, -0.1) is 5.10 Å². The molecule has 4 aromatic rings. The summed E-state index contributed by atoms with van der Waals surface area (Å²) in [5.41, 5.74) is 4.11. The summed E-state index contributed by atoms with van der Waals surface area (Å²) in [5, 5.41) is 11.2. The number of benzene rings is 2. The van der Waals surface area contributed by atoms with E-state index in [0.29, 0.717) is 24.7 Å². The van der Waals surface area contributed by atoms with Crippen LogP contribution in [0.3, 0.4) is 0 Å². The lowest BCUT2D eigenvalue weighted by Crippen LogP contribution is -2.37. The van der Waals surface area contributed by atoms with E-state index in [-0.39, 0.29) is 24.1 Å². The molecule has 1 saturated heterocycles. The van der Waals surface area contributed by atoms with Crippen molar-refractivity contribution < 1.29 is 13.9 Å². The van der Waals surface area contributed by atoms with Crippen LogP contribution < -0.4 is 10.2 Å². The molecule has 180 valence electrons. The number of nitrogens with zero attached hydrogens (tertiary/aromatic N) is 6. The highest BCUT2D eigenvalue weighted by molar-refractivity contribution is 6.16.